The molecule has 2 heterocycles. The highest BCUT2D eigenvalue weighted by Gasteiger charge is 2.26. The molecule has 26 heavy (non-hydrogen) atoms. The molecule has 7 heteroatoms. The standard InChI is InChI=1S/C19H19N3O3S/c1-24-15-7-6-12(9-16(15)25-2)13-8-14-17(22-26-19(14)20-10-13)21-18(23)11-4-3-5-11/h6-11H,3-5H2,1-2H3,(H,21,22,23). The van der Waals surface area contributed by atoms with Gasteiger partial charge < -0.3 is 14.8 Å². The van der Waals surface area contributed by atoms with Gasteiger partial charge in [-0.3, -0.25) is 4.79 Å². The number of benzene rings is 1. The van der Waals surface area contributed by atoms with Crippen molar-refractivity contribution < 1.29 is 14.3 Å². The van der Waals surface area contributed by atoms with E-state index in [4.69, 9.17) is 9.47 Å². The predicted octanol–water partition coefficient (Wildman–Crippen LogP) is 4.11. The van der Waals surface area contributed by atoms with Crippen molar-refractivity contribution in [3.8, 4) is 22.6 Å². The number of carbonyl (C=O) groups is 1. The number of amides is 1. The molecule has 1 aromatic carbocycles. The Hall–Kier alpha value is -2.67. The molecule has 2 aromatic heterocycles. The van der Waals surface area contributed by atoms with Gasteiger partial charge in [-0.15, -0.1) is 0 Å². The molecular formula is C19H19N3O3S. The molecule has 4 rings (SSSR count). The highest BCUT2D eigenvalue weighted by molar-refractivity contribution is 7.13. The van der Waals surface area contributed by atoms with E-state index in [1.807, 2.05) is 24.3 Å². The molecule has 1 fully saturated rings. The summed E-state index contributed by atoms with van der Waals surface area (Å²) >= 11 is 1.29. The third-order valence-electron chi connectivity index (χ3n) is 4.76. The largest absolute Gasteiger partial charge is 0.493 e. The van der Waals surface area contributed by atoms with Crippen LogP contribution in [0.5, 0.6) is 11.5 Å². The number of hydrogen-bond donors (Lipinski definition) is 1. The number of carbonyl (C=O) groups excluding carboxylic acids is 1. The summed E-state index contributed by atoms with van der Waals surface area (Å²) in [5.41, 5.74) is 1.89. The second kappa shape index (κ2) is 6.92. The average Bonchev–Trinajstić information content (AvgIpc) is 3.01. The van der Waals surface area contributed by atoms with Crippen molar-refractivity contribution in [2.24, 2.45) is 5.92 Å². The van der Waals surface area contributed by atoms with E-state index in [2.05, 4.69) is 14.7 Å². The van der Waals surface area contributed by atoms with Crippen molar-refractivity contribution >= 4 is 33.5 Å². The van der Waals surface area contributed by atoms with Crippen LogP contribution in [-0.2, 0) is 4.79 Å². The van der Waals surface area contributed by atoms with Crippen molar-refractivity contribution in [1.82, 2.24) is 9.36 Å². The Bertz CT molecular complexity index is 966. The molecule has 0 spiro atoms. The first-order valence-corrected chi connectivity index (χ1v) is 9.25. The van der Waals surface area contributed by atoms with Crippen molar-refractivity contribution in [1.29, 1.82) is 0 Å². The van der Waals surface area contributed by atoms with Crippen molar-refractivity contribution in [2.75, 3.05) is 19.5 Å². The fourth-order valence-corrected chi connectivity index (χ4v) is 3.66. The summed E-state index contributed by atoms with van der Waals surface area (Å²) in [7, 11) is 3.22. The van der Waals surface area contributed by atoms with Crippen LogP contribution in [-0.4, -0.2) is 29.5 Å². The van der Waals surface area contributed by atoms with Crippen LogP contribution in [0.1, 0.15) is 19.3 Å². The van der Waals surface area contributed by atoms with Gasteiger partial charge in [-0.05, 0) is 48.1 Å². The molecule has 1 saturated carbocycles. The zero-order valence-electron chi connectivity index (χ0n) is 14.6. The zero-order valence-corrected chi connectivity index (χ0v) is 15.4. The van der Waals surface area contributed by atoms with Crippen LogP contribution >= 0.6 is 11.5 Å². The van der Waals surface area contributed by atoms with Crippen molar-refractivity contribution in [3.63, 3.8) is 0 Å². The number of fused-ring (bicyclic) bond motifs is 1. The highest BCUT2D eigenvalue weighted by Crippen LogP contribution is 2.35. The zero-order chi connectivity index (χ0) is 18.1. The number of pyridine rings is 1. The fourth-order valence-electron chi connectivity index (χ4n) is 2.99. The molecule has 6 nitrogen and oxygen atoms in total. The van der Waals surface area contributed by atoms with Crippen LogP contribution in [0.15, 0.2) is 30.5 Å². The number of rotatable bonds is 5. The normalized spacial score (nSPS) is 14.1. The second-order valence-corrected chi connectivity index (χ2v) is 7.05. The SMILES string of the molecule is COc1ccc(-c2cnc3snc(NC(=O)C4CCC4)c3c2)cc1OC. The minimum Gasteiger partial charge on any atom is -0.493 e. The van der Waals surface area contributed by atoms with E-state index in [9.17, 15) is 4.79 Å². The first-order chi connectivity index (χ1) is 12.7. The van der Waals surface area contributed by atoms with Crippen LogP contribution < -0.4 is 14.8 Å². The number of aromatic nitrogens is 2. The third kappa shape index (κ3) is 2.99. The first-order valence-electron chi connectivity index (χ1n) is 8.48. The van der Waals surface area contributed by atoms with Crippen LogP contribution in [0.25, 0.3) is 21.3 Å². The van der Waals surface area contributed by atoms with Gasteiger partial charge >= 0.3 is 0 Å². The third-order valence-corrected chi connectivity index (χ3v) is 5.54. The maximum absolute atomic E-state index is 12.2. The number of anilines is 1. The number of nitrogens with zero attached hydrogens (tertiary/aromatic N) is 2. The summed E-state index contributed by atoms with van der Waals surface area (Å²) in [4.78, 5) is 17.5. The Balaban J connectivity index is 1.68. The van der Waals surface area contributed by atoms with Crippen LogP contribution in [0.4, 0.5) is 5.82 Å². The van der Waals surface area contributed by atoms with Gasteiger partial charge in [0.1, 0.15) is 4.83 Å². The van der Waals surface area contributed by atoms with E-state index < -0.39 is 0 Å². The first kappa shape index (κ1) is 16.8. The van der Waals surface area contributed by atoms with E-state index in [1.54, 1.807) is 20.4 Å². The lowest BCUT2D eigenvalue weighted by Gasteiger charge is -2.23. The maximum Gasteiger partial charge on any atom is 0.228 e. The van der Waals surface area contributed by atoms with E-state index in [1.165, 1.54) is 11.5 Å². The topological polar surface area (TPSA) is 73.3 Å². The van der Waals surface area contributed by atoms with Crippen molar-refractivity contribution in [2.45, 2.75) is 19.3 Å². The number of hydrogen-bond acceptors (Lipinski definition) is 6. The van der Waals surface area contributed by atoms with Gasteiger partial charge in [-0.25, -0.2) is 4.98 Å². The molecule has 0 radical (unpaired) electrons. The molecular weight excluding hydrogens is 350 g/mol. The molecule has 0 atom stereocenters. The summed E-state index contributed by atoms with van der Waals surface area (Å²) in [5, 5.41) is 3.82. The molecule has 1 amide bonds. The fraction of sp³-hybridized carbons (Fsp3) is 0.316. The van der Waals surface area contributed by atoms with Gasteiger partial charge in [-0.2, -0.15) is 4.37 Å². The van der Waals surface area contributed by atoms with Crippen LogP contribution in [0.2, 0.25) is 0 Å². The monoisotopic (exact) mass is 369 g/mol. The van der Waals surface area contributed by atoms with E-state index in [0.717, 1.165) is 40.6 Å². The minimum absolute atomic E-state index is 0.0555. The molecule has 3 aromatic rings. The Kier molecular flexibility index (Phi) is 4.46. The van der Waals surface area contributed by atoms with Crippen LogP contribution in [0.3, 0.4) is 0 Å². The molecule has 1 N–H and O–H groups in total. The van der Waals surface area contributed by atoms with Crippen LogP contribution in [0, 0.1) is 5.92 Å². The average molecular weight is 369 g/mol. The Labute approximate surface area is 155 Å². The summed E-state index contributed by atoms with van der Waals surface area (Å²) in [5.74, 6) is 2.11. The van der Waals surface area contributed by atoms with E-state index in [-0.39, 0.29) is 11.8 Å². The Morgan fingerprint density at radius 3 is 2.65 bits per heavy atom. The van der Waals surface area contributed by atoms with Gasteiger partial charge in [0.15, 0.2) is 17.3 Å². The quantitative estimate of drug-likeness (QED) is 0.732. The molecule has 134 valence electrons. The maximum atomic E-state index is 12.2. The van der Waals surface area contributed by atoms with Crippen molar-refractivity contribution in [3.05, 3.63) is 30.5 Å². The van der Waals surface area contributed by atoms with E-state index >= 15 is 0 Å². The number of nitrogens with one attached hydrogen (secondary N) is 1. The van der Waals surface area contributed by atoms with E-state index in [0.29, 0.717) is 17.3 Å². The summed E-state index contributed by atoms with van der Waals surface area (Å²) < 4.78 is 15.0. The highest BCUT2D eigenvalue weighted by atomic mass is 32.1. The molecule has 1 aliphatic carbocycles. The predicted molar refractivity (Wildman–Crippen MR) is 102 cm³/mol. The van der Waals surface area contributed by atoms with Gasteiger partial charge in [0, 0.05) is 17.7 Å². The lowest BCUT2D eigenvalue weighted by molar-refractivity contribution is -0.122. The lowest BCUT2D eigenvalue weighted by Crippen LogP contribution is -2.28. The second-order valence-electron chi connectivity index (χ2n) is 6.29. The van der Waals surface area contributed by atoms with Gasteiger partial charge in [0.2, 0.25) is 5.91 Å². The number of methoxy groups -OCH3 is 2. The van der Waals surface area contributed by atoms with Gasteiger partial charge in [-0.1, -0.05) is 12.5 Å². The van der Waals surface area contributed by atoms with Gasteiger partial charge in [0.05, 0.1) is 19.6 Å². The Morgan fingerprint density at radius 1 is 1.15 bits per heavy atom. The lowest BCUT2D eigenvalue weighted by atomic mass is 9.85. The summed E-state index contributed by atoms with van der Waals surface area (Å²) in [6.45, 7) is 0. The molecule has 1 aliphatic rings. The molecule has 0 bridgehead atoms. The number of ether oxygens (including phenoxy) is 2. The molecule has 0 unspecified atom stereocenters. The smallest absolute Gasteiger partial charge is 0.228 e. The molecule has 0 aliphatic heterocycles. The molecule has 0 saturated heterocycles. The minimum atomic E-state index is 0.0555. The summed E-state index contributed by atoms with van der Waals surface area (Å²) in [6.07, 6.45) is 4.85. The Morgan fingerprint density at radius 2 is 1.96 bits per heavy atom. The van der Waals surface area contributed by atoms with Gasteiger partial charge in [0.25, 0.3) is 0 Å². The summed E-state index contributed by atoms with van der Waals surface area (Å²) in [6, 6.07) is 7.73.